The predicted octanol–water partition coefficient (Wildman–Crippen LogP) is 2.15. The van der Waals surface area contributed by atoms with E-state index in [-0.39, 0.29) is 11.3 Å². The number of nitrogens with zero attached hydrogens (tertiary/aromatic N) is 2. The Morgan fingerprint density at radius 1 is 1.46 bits per heavy atom. The Hall–Kier alpha value is -1.57. The summed E-state index contributed by atoms with van der Waals surface area (Å²) >= 11 is 0. The quantitative estimate of drug-likeness (QED) is 0.620. The van der Waals surface area contributed by atoms with Gasteiger partial charge in [-0.2, -0.15) is 18.4 Å². The third kappa shape index (κ3) is 1.78. The molecule has 0 aromatic carbocycles. The van der Waals surface area contributed by atoms with Gasteiger partial charge in [-0.1, -0.05) is 0 Å². The van der Waals surface area contributed by atoms with Gasteiger partial charge in [0.15, 0.2) is 0 Å². The number of pyridine rings is 1. The van der Waals surface area contributed by atoms with Crippen LogP contribution < -0.4 is 0 Å². The highest BCUT2D eigenvalue weighted by molar-refractivity contribution is 5.40. The lowest BCUT2D eigenvalue weighted by Crippen LogP contribution is -2.09. The van der Waals surface area contributed by atoms with Gasteiger partial charge in [-0.15, -0.1) is 0 Å². The SMILES string of the molecule is [CH2]c1c(C(F)(F)F)ccnc1C#N. The third-order valence-corrected chi connectivity index (χ3v) is 1.47. The lowest BCUT2D eigenvalue weighted by Gasteiger charge is -2.09. The van der Waals surface area contributed by atoms with Gasteiger partial charge in [0.25, 0.3) is 0 Å². The Bertz CT molecular complexity index is 363. The molecule has 1 aromatic heterocycles. The molecule has 0 fully saturated rings. The van der Waals surface area contributed by atoms with Crippen LogP contribution in [0.3, 0.4) is 0 Å². The Kier molecular flexibility index (Phi) is 2.24. The molecule has 0 aliphatic carbocycles. The van der Waals surface area contributed by atoms with Crippen molar-refractivity contribution in [1.82, 2.24) is 4.98 Å². The van der Waals surface area contributed by atoms with Crippen molar-refractivity contribution in [2.24, 2.45) is 0 Å². The molecule has 5 heteroatoms. The van der Waals surface area contributed by atoms with E-state index in [1.165, 1.54) is 6.07 Å². The molecule has 0 aliphatic rings. The highest BCUT2D eigenvalue weighted by Crippen LogP contribution is 2.31. The molecule has 13 heavy (non-hydrogen) atoms. The van der Waals surface area contributed by atoms with Crippen molar-refractivity contribution in [3.05, 3.63) is 36.0 Å². The van der Waals surface area contributed by atoms with Crippen LogP contribution >= 0.6 is 0 Å². The number of alkyl halides is 3. The molecule has 0 unspecified atom stereocenters. The fourth-order valence-electron chi connectivity index (χ4n) is 0.854. The van der Waals surface area contributed by atoms with Gasteiger partial charge >= 0.3 is 6.18 Å². The maximum absolute atomic E-state index is 12.2. The summed E-state index contributed by atoms with van der Waals surface area (Å²) in [6, 6.07) is 2.33. The molecule has 1 rings (SSSR count). The Morgan fingerprint density at radius 2 is 2.08 bits per heavy atom. The number of nitriles is 1. The summed E-state index contributed by atoms with van der Waals surface area (Å²) in [5.41, 5.74) is -1.59. The second-order valence-corrected chi connectivity index (χ2v) is 2.30. The molecule has 0 bridgehead atoms. The van der Waals surface area contributed by atoms with Crippen LogP contribution in [0.1, 0.15) is 16.8 Å². The van der Waals surface area contributed by atoms with Crippen LogP contribution in [0.25, 0.3) is 0 Å². The summed E-state index contributed by atoms with van der Waals surface area (Å²) in [6.07, 6.45) is -3.54. The molecule has 0 saturated carbocycles. The smallest absolute Gasteiger partial charge is 0.245 e. The van der Waals surface area contributed by atoms with Crippen molar-refractivity contribution < 1.29 is 13.2 Å². The first kappa shape index (κ1) is 9.52. The normalized spacial score (nSPS) is 11.0. The zero-order valence-corrected chi connectivity index (χ0v) is 6.39. The van der Waals surface area contributed by atoms with Gasteiger partial charge in [-0.25, -0.2) is 4.98 Å². The second kappa shape index (κ2) is 3.05. The molecule has 1 aromatic rings. The highest BCUT2D eigenvalue weighted by Gasteiger charge is 2.33. The summed E-state index contributed by atoms with van der Waals surface area (Å²) < 4.78 is 36.6. The molecule has 67 valence electrons. The molecule has 0 N–H and O–H groups in total. The summed E-state index contributed by atoms with van der Waals surface area (Å²) in [7, 11) is 0. The Labute approximate surface area is 72.6 Å². The lowest BCUT2D eigenvalue weighted by molar-refractivity contribution is -0.137. The van der Waals surface area contributed by atoms with E-state index in [0.717, 1.165) is 12.3 Å². The molecule has 0 amide bonds. The summed E-state index contributed by atoms with van der Waals surface area (Å²) in [4.78, 5) is 3.45. The zero-order chi connectivity index (χ0) is 10.1. The topological polar surface area (TPSA) is 36.7 Å². The minimum atomic E-state index is -4.48. The van der Waals surface area contributed by atoms with Crippen LogP contribution in [-0.2, 0) is 6.18 Å². The van der Waals surface area contributed by atoms with Gasteiger partial charge in [0.05, 0.1) is 5.56 Å². The molecular formula is C8H4F3N2. The van der Waals surface area contributed by atoms with Crippen LogP contribution in [0.4, 0.5) is 13.2 Å². The monoisotopic (exact) mass is 185 g/mol. The maximum atomic E-state index is 12.2. The number of halogens is 3. The van der Waals surface area contributed by atoms with Crippen LogP contribution in [-0.4, -0.2) is 4.98 Å². The van der Waals surface area contributed by atoms with E-state index in [1.807, 2.05) is 0 Å². The number of aromatic nitrogens is 1. The number of hydrogen-bond acceptors (Lipinski definition) is 2. The van der Waals surface area contributed by atoms with Gasteiger partial charge in [0.1, 0.15) is 11.8 Å². The minimum Gasteiger partial charge on any atom is -0.245 e. The fourth-order valence-corrected chi connectivity index (χ4v) is 0.854. The Morgan fingerprint density at radius 3 is 2.54 bits per heavy atom. The molecule has 0 atom stereocenters. The van der Waals surface area contributed by atoms with E-state index in [1.54, 1.807) is 0 Å². The van der Waals surface area contributed by atoms with E-state index < -0.39 is 11.7 Å². The largest absolute Gasteiger partial charge is 0.416 e. The van der Waals surface area contributed by atoms with E-state index >= 15 is 0 Å². The predicted molar refractivity (Wildman–Crippen MR) is 38.4 cm³/mol. The van der Waals surface area contributed by atoms with Crippen molar-refractivity contribution in [2.75, 3.05) is 0 Å². The molecule has 1 radical (unpaired) electrons. The molecular weight excluding hydrogens is 181 g/mol. The standard InChI is InChI=1S/C8H4F3N2/c1-5-6(8(9,10)11)2-3-13-7(5)4-12/h2-3H,1H2. The van der Waals surface area contributed by atoms with E-state index in [0.29, 0.717) is 0 Å². The summed E-state index contributed by atoms with van der Waals surface area (Å²) in [5, 5.41) is 8.39. The first-order valence-electron chi connectivity index (χ1n) is 3.25. The van der Waals surface area contributed by atoms with Crippen LogP contribution in [0.15, 0.2) is 12.3 Å². The van der Waals surface area contributed by atoms with Crippen LogP contribution in [0.2, 0.25) is 0 Å². The average Bonchev–Trinajstić information content (AvgIpc) is 2.02. The van der Waals surface area contributed by atoms with Gasteiger partial charge in [0.2, 0.25) is 0 Å². The van der Waals surface area contributed by atoms with Crippen molar-refractivity contribution >= 4 is 0 Å². The third-order valence-electron chi connectivity index (χ3n) is 1.47. The van der Waals surface area contributed by atoms with Gasteiger partial charge < -0.3 is 0 Å². The fraction of sp³-hybridized carbons (Fsp3) is 0.125. The molecule has 0 saturated heterocycles. The highest BCUT2D eigenvalue weighted by atomic mass is 19.4. The van der Waals surface area contributed by atoms with E-state index in [9.17, 15) is 13.2 Å². The average molecular weight is 185 g/mol. The minimum absolute atomic E-state index is 0.296. The Balaban J connectivity index is 3.34. The van der Waals surface area contributed by atoms with Gasteiger partial charge in [0, 0.05) is 11.8 Å². The number of rotatable bonds is 0. The van der Waals surface area contributed by atoms with Crippen molar-refractivity contribution in [2.45, 2.75) is 6.18 Å². The van der Waals surface area contributed by atoms with Crippen molar-refractivity contribution in [3.8, 4) is 6.07 Å². The zero-order valence-electron chi connectivity index (χ0n) is 6.39. The van der Waals surface area contributed by atoms with E-state index in [4.69, 9.17) is 5.26 Å². The molecule has 2 nitrogen and oxygen atoms in total. The lowest BCUT2D eigenvalue weighted by atomic mass is 10.1. The number of hydrogen-bond donors (Lipinski definition) is 0. The molecule has 1 heterocycles. The van der Waals surface area contributed by atoms with Crippen LogP contribution in [0, 0.1) is 18.3 Å². The molecule has 0 spiro atoms. The maximum Gasteiger partial charge on any atom is 0.416 e. The van der Waals surface area contributed by atoms with Gasteiger partial charge in [-0.3, -0.25) is 0 Å². The molecule has 0 aliphatic heterocycles. The first-order chi connectivity index (χ1) is 5.96. The van der Waals surface area contributed by atoms with Crippen molar-refractivity contribution in [1.29, 1.82) is 5.26 Å². The first-order valence-corrected chi connectivity index (χ1v) is 3.25. The van der Waals surface area contributed by atoms with Crippen molar-refractivity contribution in [3.63, 3.8) is 0 Å². The van der Waals surface area contributed by atoms with Gasteiger partial charge in [-0.05, 0) is 13.0 Å². The summed E-state index contributed by atoms with van der Waals surface area (Å²) in [5.74, 6) is 0. The van der Waals surface area contributed by atoms with E-state index in [2.05, 4.69) is 11.9 Å². The second-order valence-electron chi connectivity index (χ2n) is 2.30. The summed E-state index contributed by atoms with van der Waals surface area (Å²) in [6.45, 7) is 3.15. The van der Waals surface area contributed by atoms with Crippen LogP contribution in [0.5, 0.6) is 0 Å².